The minimum absolute atomic E-state index is 0.114. The first kappa shape index (κ1) is 18.2. The van der Waals surface area contributed by atoms with Gasteiger partial charge in [-0.25, -0.2) is 4.98 Å². The van der Waals surface area contributed by atoms with Crippen molar-refractivity contribution in [2.75, 3.05) is 11.9 Å². The standard InChI is InChI=1S/C20H19BrN2O3/c1-13-14(2)26-20(22-13)15-5-3-7-17(11-15)23-19(24)9-10-25-18-8-4-6-16(21)12-18/h3-8,11-12H,9-10H2,1-2H3,(H,23,24). The van der Waals surface area contributed by atoms with Crippen molar-refractivity contribution in [1.29, 1.82) is 0 Å². The molecule has 0 saturated carbocycles. The third kappa shape index (κ3) is 4.73. The Kier molecular flexibility index (Phi) is 5.73. The van der Waals surface area contributed by atoms with Crippen LogP contribution in [0.3, 0.4) is 0 Å². The molecule has 1 amide bonds. The number of oxazole rings is 1. The minimum atomic E-state index is -0.114. The van der Waals surface area contributed by atoms with E-state index in [1.165, 1.54) is 0 Å². The van der Waals surface area contributed by atoms with Crippen molar-refractivity contribution in [3.8, 4) is 17.2 Å². The normalized spacial score (nSPS) is 10.6. The predicted octanol–water partition coefficient (Wildman–Crippen LogP) is 5.13. The summed E-state index contributed by atoms with van der Waals surface area (Å²) >= 11 is 3.39. The highest BCUT2D eigenvalue weighted by Gasteiger charge is 2.10. The molecule has 6 heteroatoms. The fraction of sp³-hybridized carbons (Fsp3) is 0.200. The van der Waals surface area contributed by atoms with Crippen molar-refractivity contribution in [2.45, 2.75) is 20.3 Å². The Labute approximate surface area is 160 Å². The highest BCUT2D eigenvalue weighted by molar-refractivity contribution is 9.10. The number of aryl methyl sites for hydroxylation is 2. The molecule has 5 nitrogen and oxygen atoms in total. The number of hydrogen-bond acceptors (Lipinski definition) is 4. The van der Waals surface area contributed by atoms with Gasteiger partial charge in [0.1, 0.15) is 11.5 Å². The fourth-order valence-electron chi connectivity index (χ4n) is 2.37. The highest BCUT2D eigenvalue weighted by Crippen LogP contribution is 2.24. The predicted molar refractivity (Wildman–Crippen MR) is 104 cm³/mol. The lowest BCUT2D eigenvalue weighted by atomic mass is 10.2. The number of ether oxygens (including phenoxy) is 1. The summed E-state index contributed by atoms with van der Waals surface area (Å²) in [4.78, 5) is 16.5. The Bertz CT molecular complexity index is 901. The molecule has 0 radical (unpaired) electrons. The number of anilines is 1. The van der Waals surface area contributed by atoms with E-state index in [1.807, 2.05) is 62.4 Å². The number of rotatable bonds is 6. The first-order chi connectivity index (χ1) is 12.5. The molecule has 0 aliphatic carbocycles. The maximum atomic E-state index is 12.1. The van der Waals surface area contributed by atoms with Gasteiger partial charge in [0.15, 0.2) is 0 Å². The van der Waals surface area contributed by atoms with Gasteiger partial charge in [0.25, 0.3) is 0 Å². The number of aromatic nitrogens is 1. The summed E-state index contributed by atoms with van der Waals surface area (Å²) in [7, 11) is 0. The summed E-state index contributed by atoms with van der Waals surface area (Å²) in [5, 5.41) is 2.87. The number of amides is 1. The highest BCUT2D eigenvalue weighted by atomic mass is 79.9. The average Bonchev–Trinajstić information content (AvgIpc) is 2.94. The van der Waals surface area contributed by atoms with Crippen LogP contribution in [-0.4, -0.2) is 17.5 Å². The molecular formula is C20H19BrN2O3. The second kappa shape index (κ2) is 8.19. The minimum Gasteiger partial charge on any atom is -0.493 e. The van der Waals surface area contributed by atoms with Gasteiger partial charge in [-0.3, -0.25) is 4.79 Å². The summed E-state index contributed by atoms with van der Waals surface area (Å²) in [5.74, 6) is 1.95. The lowest BCUT2D eigenvalue weighted by molar-refractivity contribution is -0.116. The van der Waals surface area contributed by atoms with E-state index >= 15 is 0 Å². The van der Waals surface area contributed by atoms with Crippen LogP contribution < -0.4 is 10.1 Å². The lowest BCUT2D eigenvalue weighted by Gasteiger charge is -2.08. The van der Waals surface area contributed by atoms with Gasteiger partial charge in [0, 0.05) is 15.7 Å². The molecule has 3 aromatic rings. The number of hydrogen-bond donors (Lipinski definition) is 1. The van der Waals surface area contributed by atoms with E-state index in [0.717, 1.165) is 27.2 Å². The van der Waals surface area contributed by atoms with E-state index in [9.17, 15) is 4.79 Å². The molecule has 26 heavy (non-hydrogen) atoms. The van der Waals surface area contributed by atoms with E-state index in [1.54, 1.807) is 0 Å². The molecule has 0 atom stereocenters. The van der Waals surface area contributed by atoms with Gasteiger partial charge in [0.2, 0.25) is 11.8 Å². The fourth-order valence-corrected chi connectivity index (χ4v) is 2.75. The molecule has 0 spiro atoms. The number of benzene rings is 2. The maximum Gasteiger partial charge on any atom is 0.227 e. The Morgan fingerprint density at radius 3 is 2.73 bits per heavy atom. The Hall–Kier alpha value is -2.60. The summed E-state index contributed by atoms with van der Waals surface area (Å²) < 4.78 is 12.2. The molecule has 134 valence electrons. The van der Waals surface area contributed by atoms with E-state index < -0.39 is 0 Å². The van der Waals surface area contributed by atoms with Crippen LogP contribution in [0.15, 0.2) is 57.4 Å². The van der Waals surface area contributed by atoms with Gasteiger partial charge >= 0.3 is 0 Å². The second-order valence-electron chi connectivity index (χ2n) is 5.85. The summed E-state index contributed by atoms with van der Waals surface area (Å²) in [6.07, 6.45) is 0.258. The van der Waals surface area contributed by atoms with E-state index in [-0.39, 0.29) is 12.3 Å². The molecule has 0 unspecified atom stereocenters. The van der Waals surface area contributed by atoms with Crippen LogP contribution in [0.4, 0.5) is 5.69 Å². The van der Waals surface area contributed by atoms with Gasteiger partial charge in [-0.2, -0.15) is 0 Å². The third-order valence-electron chi connectivity index (χ3n) is 3.82. The molecule has 1 aromatic heterocycles. The van der Waals surface area contributed by atoms with Crippen LogP contribution in [0, 0.1) is 13.8 Å². The van der Waals surface area contributed by atoms with Crippen LogP contribution in [0.1, 0.15) is 17.9 Å². The Morgan fingerprint density at radius 1 is 1.19 bits per heavy atom. The van der Waals surface area contributed by atoms with Crippen molar-refractivity contribution in [1.82, 2.24) is 4.98 Å². The maximum absolute atomic E-state index is 12.1. The van der Waals surface area contributed by atoms with Gasteiger partial charge in [-0.15, -0.1) is 0 Å². The van der Waals surface area contributed by atoms with Crippen molar-refractivity contribution in [3.63, 3.8) is 0 Å². The Balaban J connectivity index is 1.56. The van der Waals surface area contributed by atoms with Crippen molar-refractivity contribution >= 4 is 27.5 Å². The zero-order valence-electron chi connectivity index (χ0n) is 14.6. The van der Waals surface area contributed by atoms with Crippen LogP contribution in [0.2, 0.25) is 0 Å². The molecule has 0 aliphatic rings. The zero-order valence-corrected chi connectivity index (χ0v) is 16.2. The van der Waals surface area contributed by atoms with E-state index in [4.69, 9.17) is 9.15 Å². The summed E-state index contributed by atoms with van der Waals surface area (Å²) in [6, 6.07) is 15.0. The number of carbonyl (C=O) groups is 1. The number of nitrogens with one attached hydrogen (secondary N) is 1. The monoisotopic (exact) mass is 414 g/mol. The van der Waals surface area contributed by atoms with E-state index in [2.05, 4.69) is 26.2 Å². The van der Waals surface area contributed by atoms with E-state index in [0.29, 0.717) is 18.2 Å². The molecule has 1 heterocycles. The molecule has 0 aliphatic heterocycles. The molecule has 3 rings (SSSR count). The topological polar surface area (TPSA) is 64.4 Å². The SMILES string of the molecule is Cc1nc(-c2cccc(NC(=O)CCOc3cccc(Br)c3)c2)oc1C. The molecule has 1 N–H and O–H groups in total. The van der Waals surface area contributed by atoms with Crippen LogP contribution in [0.25, 0.3) is 11.5 Å². The molecule has 2 aromatic carbocycles. The summed E-state index contributed by atoms with van der Waals surface area (Å²) in [5.41, 5.74) is 2.38. The zero-order chi connectivity index (χ0) is 18.5. The first-order valence-electron chi connectivity index (χ1n) is 8.24. The Morgan fingerprint density at radius 2 is 2.00 bits per heavy atom. The third-order valence-corrected chi connectivity index (χ3v) is 4.31. The van der Waals surface area contributed by atoms with Crippen molar-refractivity contribution in [2.24, 2.45) is 0 Å². The number of carbonyl (C=O) groups excluding carboxylic acids is 1. The van der Waals surface area contributed by atoms with Crippen LogP contribution >= 0.6 is 15.9 Å². The largest absolute Gasteiger partial charge is 0.493 e. The van der Waals surface area contributed by atoms with Gasteiger partial charge in [0.05, 0.1) is 18.7 Å². The molecule has 0 bridgehead atoms. The average molecular weight is 415 g/mol. The number of halogens is 1. The lowest BCUT2D eigenvalue weighted by Crippen LogP contribution is -2.15. The van der Waals surface area contributed by atoms with Crippen molar-refractivity contribution < 1.29 is 13.9 Å². The number of nitrogens with zero attached hydrogens (tertiary/aromatic N) is 1. The second-order valence-corrected chi connectivity index (χ2v) is 6.76. The van der Waals surface area contributed by atoms with Crippen LogP contribution in [0.5, 0.6) is 5.75 Å². The molecular weight excluding hydrogens is 396 g/mol. The first-order valence-corrected chi connectivity index (χ1v) is 9.03. The van der Waals surface area contributed by atoms with Gasteiger partial charge < -0.3 is 14.5 Å². The molecule has 0 saturated heterocycles. The summed E-state index contributed by atoms with van der Waals surface area (Å²) in [6.45, 7) is 4.09. The van der Waals surface area contributed by atoms with Crippen molar-refractivity contribution in [3.05, 3.63) is 64.5 Å². The van der Waals surface area contributed by atoms with Gasteiger partial charge in [-0.05, 0) is 50.2 Å². The quantitative estimate of drug-likeness (QED) is 0.607. The molecule has 0 fully saturated rings. The van der Waals surface area contributed by atoms with Gasteiger partial charge in [-0.1, -0.05) is 28.1 Å². The van der Waals surface area contributed by atoms with Crippen LogP contribution in [-0.2, 0) is 4.79 Å². The smallest absolute Gasteiger partial charge is 0.227 e.